The van der Waals surface area contributed by atoms with Crippen LogP contribution in [0.25, 0.3) is 0 Å². The molecule has 3 N–H and O–H groups in total. The Morgan fingerprint density at radius 1 is 1.21 bits per heavy atom. The number of piperazine rings is 1. The van der Waals surface area contributed by atoms with E-state index in [1.54, 1.807) is 9.80 Å². The zero-order chi connectivity index (χ0) is 17.9. The van der Waals surface area contributed by atoms with Gasteiger partial charge in [0.1, 0.15) is 5.60 Å². The first-order chi connectivity index (χ1) is 11.2. The summed E-state index contributed by atoms with van der Waals surface area (Å²) in [5.41, 5.74) is 6.99. The second kappa shape index (κ2) is 7.11. The van der Waals surface area contributed by atoms with E-state index in [0.717, 1.165) is 18.5 Å². The number of aryl methyl sites for hydroxylation is 1. The van der Waals surface area contributed by atoms with Crippen LogP contribution in [0.4, 0.5) is 10.5 Å². The summed E-state index contributed by atoms with van der Waals surface area (Å²) in [5, 5.41) is 6.91. The molecule has 0 spiro atoms. The maximum Gasteiger partial charge on any atom is 0.410 e. The first kappa shape index (κ1) is 18.1. The van der Waals surface area contributed by atoms with Crippen LogP contribution in [0, 0.1) is 0 Å². The molecule has 0 aliphatic carbocycles. The van der Waals surface area contributed by atoms with Gasteiger partial charge in [-0.2, -0.15) is 5.10 Å². The second-order valence-corrected chi connectivity index (χ2v) is 6.97. The van der Waals surface area contributed by atoms with Crippen LogP contribution in [0.5, 0.6) is 0 Å². The van der Waals surface area contributed by atoms with Gasteiger partial charge in [-0.1, -0.05) is 13.3 Å². The molecule has 2 heterocycles. The fourth-order valence-corrected chi connectivity index (χ4v) is 2.56. The van der Waals surface area contributed by atoms with E-state index in [4.69, 9.17) is 10.5 Å². The van der Waals surface area contributed by atoms with Crippen molar-refractivity contribution in [3.63, 3.8) is 0 Å². The fraction of sp³-hybridized carbons (Fsp3) is 0.688. The normalized spacial score (nSPS) is 15.5. The third-order valence-corrected chi connectivity index (χ3v) is 3.80. The molecule has 1 saturated heterocycles. The van der Waals surface area contributed by atoms with Crippen LogP contribution in [0.15, 0.2) is 0 Å². The van der Waals surface area contributed by atoms with Gasteiger partial charge in [0.2, 0.25) is 0 Å². The predicted molar refractivity (Wildman–Crippen MR) is 90.7 cm³/mol. The monoisotopic (exact) mass is 337 g/mol. The van der Waals surface area contributed by atoms with E-state index in [2.05, 4.69) is 10.2 Å². The Balaban J connectivity index is 1.94. The molecule has 0 aromatic carbocycles. The van der Waals surface area contributed by atoms with Crippen LogP contribution in [0.3, 0.4) is 0 Å². The number of aromatic nitrogens is 2. The number of nitrogens with one attached hydrogen (secondary N) is 1. The zero-order valence-corrected chi connectivity index (χ0v) is 14.9. The minimum absolute atomic E-state index is 0.199. The lowest BCUT2D eigenvalue weighted by Crippen LogP contribution is -2.51. The van der Waals surface area contributed by atoms with Crippen molar-refractivity contribution >= 4 is 17.7 Å². The third-order valence-electron chi connectivity index (χ3n) is 3.80. The molecule has 8 heteroatoms. The molecular formula is C16H27N5O3. The summed E-state index contributed by atoms with van der Waals surface area (Å²) in [6.07, 6.45) is 1.34. The molecule has 1 fully saturated rings. The van der Waals surface area contributed by atoms with Crippen molar-refractivity contribution < 1.29 is 14.3 Å². The number of carbonyl (C=O) groups excluding carboxylic acids is 2. The average Bonchev–Trinajstić information content (AvgIpc) is 2.87. The number of hydrogen-bond acceptors (Lipinski definition) is 5. The highest BCUT2D eigenvalue weighted by Crippen LogP contribution is 2.19. The summed E-state index contributed by atoms with van der Waals surface area (Å²) < 4.78 is 5.35. The van der Waals surface area contributed by atoms with Crippen molar-refractivity contribution in [1.29, 1.82) is 0 Å². The third kappa shape index (κ3) is 4.18. The number of nitrogens with two attached hydrogens (primary N) is 1. The molecule has 0 atom stereocenters. The van der Waals surface area contributed by atoms with E-state index in [1.807, 2.05) is 27.7 Å². The lowest BCUT2D eigenvalue weighted by atomic mass is 10.2. The number of hydrogen-bond donors (Lipinski definition) is 2. The quantitative estimate of drug-likeness (QED) is 0.872. The maximum absolute atomic E-state index is 12.6. The Bertz CT molecular complexity index is 597. The lowest BCUT2D eigenvalue weighted by Gasteiger charge is -2.35. The molecule has 134 valence electrons. The number of anilines is 1. The highest BCUT2D eigenvalue weighted by atomic mass is 16.6. The van der Waals surface area contributed by atoms with Gasteiger partial charge in [0, 0.05) is 26.2 Å². The molecule has 8 nitrogen and oxygen atoms in total. The van der Waals surface area contributed by atoms with Crippen LogP contribution in [-0.2, 0) is 11.2 Å². The summed E-state index contributed by atoms with van der Waals surface area (Å²) >= 11 is 0. The number of carbonyl (C=O) groups is 2. The van der Waals surface area contributed by atoms with E-state index < -0.39 is 5.60 Å². The number of rotatable bonds is 3. The Hall–Kier alpha value is -2.25. The van der Waals surface area contributed by atoms with Gasteiger partial charge in [0.25, 0.3) is 5.91 Å². The predicted octanol–water partition coefficient (Wildman–Crippen LogP) is 1.64. The highest BCUT2D eigenvalue weighted by molar-refractivity contribution is 5.97. The molecule has 2 amide bonds. The molecule has 0 radical (unpaired) electrons. The minimum atomic E-state index is -0.525. The second-order valence-electron chi connectivity index (χ2n) is 6.97. The molecule has 1 aliphatic heterocycles. The Labute approximate surface area is 142 Å². The minimum Gasteiger partial charge on any atom is -0.444 e. The van der Waals surface area contributed by atoms with Crippen molar-refractivity contribution in [1.82, 2.24) is 20.0 Å². The SMILES string of the molecule is CCCc1[nH]nc(C(=O)N2CCN(C(=O)OC(C)(C)C)CC2)c1N. The van der Waals surface area contributed by atoms with Gasteiger partial charge in [0.15, 0.2) is 5.69 Å². The van der Waals surface area contributed by atoms with Crippen molar-refractivity contribution in [2.75, 3.05) is 31.9 Å². The summed E-state index contributed by atoms with van der Waals surface area (Å²) in [5.74, 6) is -0.199. The molecule has 0 unspecified atom stereocenters. The molecule has 1 aromatic rings. The lowest BCUT2D eigenvalue weighted by molar-refractivity contribution is 0.0140. The molecule has 2 rings (SSSR count). The molecule has 1 aromatic heterocycles. The number of aromatic amines is 1. The number of H-pyrrole nitrogens is 1. The van der Waals surface area contributed by atoms with Gasteiger partial charge in [-0.05, 0) is 27.2 Å². The molecule has 0 bridgehead atoms. The summed E-state index contributed by atoms with van der Waals surface area (Å²) in [6, 6.07) is 0. The number of ether oxygens (including phenoxy) is 1. The maximum atomic E-state index is 12.6. The first-order valence-corrected chi connectivity index (χ1v) is 8.33. The number of nitrogen functional groups attached to an aromatic ring is 1. The number of amides is 2. The smallest absolute Gasteiger partial charge is 0.410 e. The summed E-state index contributed by atoms with van der Waals surface area (Å²) in [6.45, 7) is 9.29. The van der Waals surface area contributed by atoms with Gasteiger partial charge >= 0.3 is 6.09 Å². The van der Waals surface area contributed by atoms with E-state index in [9.17, 15) is 9.59 Å². The van der Waals surface area contributed by atoms with Gasteiger partial charge in [-0.25, -0.2) is 4.79 Å². The van der Waals surface area contributed by atoms with E-state index in [0.29, 0.717) is 31.9 Å². The van der Waals surface area contributed by atoms with E-state index >= 15 is 0 Å². The largest absolute Gasteiger partial charge is 0.444 e. The van der Waals surface area contributed by atoms with Crippen molar-refractivity contribution in [3.8, 4) is 0 Å². The summed E-state index contributed by atoms with van der Waals surface area (Å²) in [7, 11) is 0. The van der Waals surface area contributed by atoms with Crippen LogP contribution in [-0.4, -0.2) is 63.8 Å². The van der Waals surface area contributed by atoms with Crippen molar-refractivity contribution in [2.24, 2.45) is 0 Å². The summed E-state index contributed by atoms with van der Waals surface area (Å²) in [4.78, 5) is 27.9. The molecular weight excluding hydrogens is 310 g/mol. The van der Waals surface area contributed by atoms with Crippen molar-refractivity contribution in [3.05, 3.63) is 11.4 Å². The van der Waals surface area contributed by atoms with Gasteiger partial charge in [0.05, 0.1) is 11.4 Å². The standard InChI is InChI=1S/C16H27N5O3/c1-5-6-11-12(17)13(19-18-11)14(22)20-7-9-21(10-8-20)15(23)24-16(2,3)4/h5-10,17H2,1-4H3,(H,18,19). The van der Waals surface area contributed by atoms with Crippen LogP contribution >= 0.6 is 0 Å². The average molecular weight is 337 g/mol. The van der Waals surface area contributed by atoms with Crippen molar-refractivity contribution in [2.45, 2.75) is 46.1 Å². The van der Waals surface area contributed by atoms with Gasteiger partial charge in [-0.15, -0.1) is 0 Å². The molecule has 0 saturated carbocycles. The molecule has 1 aliphatic rings. The van der Waals surface area contributed by atoms with Gasteiger partial charge < -0.3 is 20.3 Å². The Kier molecular flexibility index (Phi) is 5.36. The Morgan fingerprint density at radius 3 is 2.33 bits per heavy atom. The fourth-order valence-electron chi connectivity index (χ4n) is 2.56. The highest BCUT2D eigenvalue weighted by Gasteiger charge is 2.30. The van der Waals surface area contributed by atoms with E-state index in [1.165, 1.54) is 0 Å². The topological polar surface area (TPSA) is 105 Å². The first-order valence-electron chi connectivity index (χ1n) is 8.33. The molecule has 24 heavy (non-hydrogen) atoms. The van der Waals surface area contributed by atoms with E-state index in [-0.39, 0.29) is 17.7 Å². The van der Waals surface area contributed by atoms with Crippen LogP contribution < -0.4 is 5.73 Å². The van der Waals surface area contributed by atoms with Crippen LogP contribution in [0.2, 0.25) is 0 Å². The number of nitrogens with zero attached hydrogens (tertiary/aromatic N) is 3. The zero-order valence-electron chi connectivity index (χ0n) is 14.9. The Morgan fingerprint density at radius 2 is 1.79 bits per heavy atom. The van der Waals surface area contributed by atoms with Crippen LogP contribution in [0.1, 0.15) is 50.3 Å². The van der Waals surface area contributed by atoms with Gasteiger partial charge in [-0.3, -0.25) is 9.89 Å².